The van der Waals surface area contributed by atoms with Crippen LogP contribution in [-0.2, 0) is 0 Å². The summed E-state index contributed by atoms with van der Waals surface area (Å²) in [6.07, 6.45) is 2.61. The number of aryl methyl sites for hydroxylation is 1. The predicted octanol–water partition coefficient (Wildman–Crippen LogP) is 1.66. The molecule has 2 N–H and O–H groups in total. The SMILES string of the molecule is Cc1ccc(C(=O)NCCNCC2CCCN(C)C2)cc1. The van der Waals surface area contributed by atoms with Crippen LogP contribution in [-0.4, -0.2) is 50.6 Å². The summed E-state index contributed by atoms with van der Waals surface area (Å²) in [5.74, 6) is 0.755. The van der Waals surface area contributed by atoms with Gasteiger partial charge in [-0.05, 0) is 58.0 Å². The van der Waals surface area contributed by atoms with E-state index in [1.54, 1.807) is 0 Å². The van der Waals surface area contributed by atoms with Crippen LogP contribution < -0.4 is 10.6 Å². The molecule has 0 aromatic heterocycles. The van der Waals surface area contributed by atoms with Gasteiger partial charge in [0.15, 0.2) is 0 Å². The van der Waals surface area contributed by atoms with Gasteiger partial charge >= 0.3 is 0 Å². The van der Waals surface area contributed by atoms with Gasteiger partial charge in [0, 0.05) is 25.2 Å². The summed E-state index contributed by atoms with van der Waals surface area (Å²) in [6.45, 7) is 6.98. The monoisotopic (exact) mass is 289 g/mol. The van der Waals surface area contributed by atoms with Gasteiger partial charge in [0.2, 0.25) is 0 Å². The first-order valence-electron chi connectivity index (χ1n) is 7.89. The van der Waals surface area contributed by atoms with Gasteiger partial charge in [-0.2, -0.15) is 0 Å². The van der Waals surface area contributed by atoms with Crippen molar-refractivity contribution in [2.24, 2.45) is 5.92 Å². The zero-order valence-electron chi connectivity index (χ0n) is 13.2. The Kier molecular flexibility index (Phi) is 6.21. The fourth-order valence-corrected chi connectivity index (χ4v) is 2.82. The highest BCUT2D eigenvalue weighted by Gasteiger charge is 2.16. The highest BCUT2D eigenvalue weighted by molar-refractivity contribution is 5.94. The van der Waals surface area contributed by atoms with Crippen LogP contribution in [0.15, 0.2) is 24.3 Å². The van der Waals surface area contributed by atoms with Crippen molar-refractivity contribution >= 4 is 5.91 Å². The van der Waals surface area contributed by atoms with Gasteiger partial charge in [0.05, 0.1) is 0 Å². The van der Waals surface area contributed by atoms with Crippen LogP contribution in [0.1, 0.15) is 28.8 Å². The van der Waals surface area contributed by atoms with E-state index in [1.165, 1.54) is 31.5 Å². The standard InChI is InChI=1S/C17H27N3O/c1-14-5-7-16(8-6-14)17(21)19-10-9-18-12-15-4-3-11-20(2)13-15/h5-8,15,18H,3-4,9-13H2,1-2H3,(H,19,21). The predicted molar refractivity (Wildman–Crippen MR) is 86.6 cm³/mol. The summed E-state index contributed by atoms with van der Waals surface area (Å²) in [5.41, 5.74) is 1.90. The Hall–Kier alpha value is -1.39. The Morgan fingerprint density at radius 2 is 2.05 bits per heavy atom. The third-order valence-corrected chi connectivity index (χ3v) is 4.06. The average molecular weight is 289 g/mol. The number of carbonyl (C=O) groups is 1. The van der Waals surface area contributed by atoms with Crippen molar-refractivity contribution in [2.75, 3.05) is 39.8 Å². The van der Waals surface area contributed by atoms with E-state index in [4.69, 9.17) is 0 Å². The molecule has 1 aromatic carbocycles. The molecule has 21 heavy (non-hydrogen) atoms. The molecule has 1 heterocycles. The second-order valence-corrected chi connectivity index (χ2v) is 6.10. The summed E-state index contributed by atoms with van der Waals surface area (Å²) < 4.78 is 0. The van der Waals surface area contributed by atoms with Gasteiger partial charge in [-0.15, -0.1) is 0 Å². The van der Waals surface area contributed by atoms with Gasteiger partial charge in [0.1, 0.15) is 0 Å². The molecule has 1 saturated heterocycles. The number of hydrogen-bond acceptors (Lipinski definition) is 3. The molecular weight excluding hydrogens is 262 g/mol. The highest BCUT2D eigenvalue weighted by Crippen LogP contribution is 2.13. The van der Waals surface area contributed by atoms with Crippen LogP contribution >= 0.6 is 0 Å². The molecule has 1 aliphatic rings. The maximum absolute atomic E-state index is 11.9. The van der Waals surface area contributed by atoms with Crippen molar-refractivity contribution in [1.29, 1.82) is 0 Å². The molecule has 4 heteroatoms. The smallest absolute Gasteiger partial charge is 0.251 e. The van der Waals surface area contributed by atoms with E-state index in [9.17, 15) is 4.79 Å². The minimum absolute atomic E-state index is 0.00852. The zero-order valence-corrected chi connectivity index (χ0v) is 13.2. The van der Waals surface area contributed by atoms with Crippen molar-refractivity contribution in [1.82, 2.24) is 15.5 Å². The molecule has 2 rings (SSSR count). The fraction of sp³-hybridized carbons (Fsp3) is 0.588. The molecular formula is C17H27N3O. The van der Waals surface area contributed by atoms with E-state index in [0.29, 0.717) is 6.54 Å². The van der Waals surface area contributed by atoms with Crippen LogP contribution in [0, 0.1) is 12.8 Å². The first-order valence-corrected chi connectivity index (χ1v) is 7.89. The summed E-state index contributed by atoms with van der Waals surface area (Å²) in [5, 5.41) is 6.40. The molecule has 0 bridgehead atoms. The van der Waals surface area contributed by atoms with Crippen molar-refractivity contribution < 1.29 is 4.79 Å². The maximum Gasteiger partial charge on any atom is 0.251 e. The van der Waals surface area contributed by atoms with Gasteiger partial charge in [0.25, 0.3) is 5.91 Å². The molecule has 1 fully saturated rings. The number of nitrogens with zero attached hydrogens (tertiary/aromatic N) is 1. The number of hydrogen-bond donors (Lipinski definition) is 2. The summed E-state index contributed by atoms with van der Waals surface area (Å²) in [6, 6.07) is 7.67. The van der Waals surface area contributed by atoms with Crippen LogP contribution in [0.4, 0.5) is 0 Å². The average Bonchev–Trinajstić information content (AvgIpc) is 2.47. The van der Waals surface area contributed by atoms with E-state index in [1.807, 2.05) is 31.2 Å². The molecule has 4 nitrogen and oxygen atoms in total. The molecule has 0 spiro atoms. The quantitative estimate of drug-likeness (QED) is 0.783. The van der Waals surface area contributed by atoms with E-state index in [0.717, 1.165) is 24.6 Å². The van der Waals surface area contributed by atoms with E-state index in [-0.39, 0.29) is 5.91 Å². The van der Waals surface area contributed by atoms with Gasteiger partial charge < -0.3 is 15.5 Å². The number of nitrogens with one attached hydrogen (secondary N) is 2. The topological polar surface area (TPSA) is 44.4 Å². The lowest BCUT2D eigenvalue weighted by Gasteiger charge is -2.29. The largest absolute Gasteiger partial charge is 0.351 e. The second kappa shape index (κ2) is 8.15. The van der Waals surface area contributed by atoms with Crippen molar-refractivity contribution in [2.45, 2.75) is 19.8 Å². The van der Waals surface area contributed by atoms with Crippen LogP contribution in [0.3, 0.4) is 0 Å². The second-order valence-electron chi connectivity index (χ2n) is 6.10. The minimum Gasteiger partial charge on any atom is -0.351 e. The van der Waals surface area contributed by atoms with Gasteiger partial charge in [-0.3, -0.25) is 4.79 Å². The lowest BCUT2D eigenvalue weighted by molar-refractivity contribution is 0.0953. The number of carbonyl (C=O) groups excluding carboxylic acids is 1. The minimum atomic E-state index is 0.00852. The van der Waals surface area contributed by atoms with Crippen LogP contribution in [0.5, 0.6) is 0 Å². The van der Waals surface area contributed by atoms with Gasteiger partial charge in [-0.1, -0.05) is 17.7 Å². The highest BCUT2D eigenvalue weighted by atomic mass is 16.1. The Balaban J connectivity index is 1.59. The molecule has 1 atom stereocenters. The fourth-order valence-electron chi connectivity index (χ4n) is 2.82. The Morgan fingerprint density at radius 3 is 2.76 bits per heavy atom. The number of piperidine rings is 1. The molecule has 1 aliphatic heterocycles. The first-order chi connectivity index (χ1) is 10.1. The molecule has 1 unspecified atom stereocenters. The molecule has 116 valence electrons. The normalized spacial score (nSPS) is 19.4. The van der Waals surface area contributed by atoms with Crippen molar-refractivity contribution in [3.8, 4) is 0 Å². The molecule has 1 amide bonds. The molecule has 1 aromatic rings. The maximum atomic E-state index is 11.9. The Bertz CT molecular complexity index is 444. The summed E-state index contributed by atoms with van der Waals surface area (Å²) >= 11 is 0. The number of rotatable bonds is 6. The number of likely N-dealkylation sites (tertiary alicyclic amines) is 1. The lowest BCUT2D eigenvalue weighted by atomic mass is 9.98. The molecule has 0 saturated carbocycles. The van der Waals surface area contributed by atoms with Crippen molar-refractivity contribution in [3.63, 3.8) is 0 Å². The van der Waals surface area contributed by atoms with Gasteiger partial charge in [-0.25, -0.2) is 0 Å². The zero-order chi connectivity index (χ0) is 15.1. The number of benzene rings is 1. The van der Waals surface area contributed by atoms with E-state index >= 15 is 0 Å². The van der Waals surface area contributed by atoms with E-state index in [2.05, 4.69) is 22.6 Å². The summed E-state index contributed by atoms with van der Waals surface area (Å²) in [4.78, 5) is 14.3. The Labute approximate surface area is 127 Å². The first kappa shape index (κ1) is 16.0. The molecule has 0 radical (unpaired) electrons. The summed E-state index contributed by atoms with van der Waals surface area (Å²) in [7, 11) is 2.19. The van der Waals surface area contributed by atoms with E-state index < -0.39 is 0 Å². The van der Waals surface area contributed by atoms with Crippen molar-refractivity contribution in [3.05, 3.63) is 35.4 Å². The molecule has 0 aliphatic carbocycles. The van der Waals surface area contributed by atoms with Crippen LogP contribution in [0.2, 0.25) is 0 Å². The Morgan fingerprint density at radius 1 is 1.29 bits per heavy atom. The van der Waals surface area contributed by atoms with Crippen LogP contribution in [0.25, 0.3) is 0 Å². The third kappa shape index (κ3) is 5.48. The number of amides is 1. The lowest BCUT2D eigenvalue weighted by Crippen LogP contribution is -2.39. The third-order valence-electron chi connectivity index (χ3n) is 4.06.